The van der Waals surface area contributed by atoms with Gasteiger partial charge in [-0.25, -0.2) is 17.9 Å². The molecule has 0 aliphatic heterocycles. The van der Waals surface area contributed by atoms with Crippen LogP contribution in [0.4, 0.5) is 13.2 Å². The summed E-state index contributed by atoms with van der Waals surface area (Å²) in [5.74, 6) is -1.34. The summed E-state index contributed by atoms with van der Waals surface area (Å²) in [6.07, 6.45) is -7.03. The third kappa shape index (κ3) is 4.68. The van der Waals surface area contributed by atoms with Gasteiger partial charge in [0.05, 0.1) is 10.5 Å². The molecule has 124 valence electrons. The fraction of sp³-hybridized carbons (Fsp3) is 0.417. The number of alkyl halides is 3. The van der Waals surface area contributed by atoms with Crippen molar-refractivity contribution in [1.29, 1.82) is 0 Å². The van der Waals surface area contributed by atoms with Crippen molar-refractivity contribution in [3.63, 3.8) is 0 Å². The molecular weight excluding hydrogens is 327 g/mol. The Balaban J connectivity index is 3.03. The number of benzene rings is 1. The lowest BCUT2D eigenvalue weighted by molar-refractivity contribution is -0.209. The predicted octanol–water partition coefficient (Wildman–Crippen LogP) is 1.55. The van der Waals surface area contributed by atoms with Crippen LogP contribution in [0.15, 0.2) is 23.1 Å². The van der Waals surface area contributed by atoms with Gasteiger partial charge in [0.1, 0.15) is 0 Å². The predicted molar refractivity (Wildman–Crippen MR) is 70.2 cm³/mol. The first-order chi connectivity index (χ1) is 9.97. The quantitative estimate of drug-likeness (QED) is 0.819. The minimum Gasteiger partial charge on any atom is -0.478 e. The van der Waals surface area contributed by atoms with Gasteiger partial charge in [0.2, 0.25) is 10.0 Å². The zero-order valence-corrected chi connectivity index (χ0v) is 12.5. The number of aryl methyl sites for hydroxylation is 1. The number of rotatable bonds is 6. The van der Waals surface area contributed by atoms with E-state index >= 15 is 0 Å². The fourth-order valence-corrected chi connectivity index (χ4v) is 2.79. The van der Waals surface area contributed by atoms with Gasteiger partial charge in [-0.2, -0.15) is 13.2 Å². The molecule has 1 rings (SSSR count). The van der Waals surface area contributed by atoms with E-state index in [-0.39, 0.29) is 5.56 Å². The highest BCUT2D eigenvalue weighted by Gasteiger charge is 2.40. The Labute approximate surface area is 124 Å². The fourth-order valence-electron chi connectivity index (χ4n) is 1.63. The van der Waals surface area contributed by atoms with Crippen molar-refractivity contribution in [3.05, 3.63) is 29.3 Å². The average Bonchev–Trinajstić information content (AvgIpc) is 2.36. The second-order valence-corrected chi connectivity index (χ2v) is 6.22. The van der Waals surface area contributed by atoms with Crippen LogP contribution in [0.1, 0.15) is 15.9 Å². The third-order valence-corrected chi connectivity index (χ3v) is 4.12. The first-order valence-corrected chi connectivity index (χ1v) is 7.40. The molecule has 0 amide bonds. The molecule has 0 spiro atoms. The Bertz CT molecular complexity index is 657. The highest BCUT2D eigenvalue weighted by molar-refractivity contribution is 7.89. The Morgan fingerprint density at radius 3 is 2.41 bits per heavy atom. The molecule has 1 aromatic rings. The van der Waals surface area contributed by atoms with E-state index in [1.165, 1.54) is 13.0 Å². The number of ether oxygens (including phenoxy) is 1. The standard InChI is InChI=1S/C12H14F3NO5S/c1-7-3-8(11(17)18)5-9(4-7)22(19,20)16-6-10(21-2)12(13,14)15/h3-5,10,16H,6H2,1-2H3,(H,17,18). The number of sulfonamides is 1. The van der Waals surface area contributed by atoms with Gasteiger partial charge in [0.15, 0.2) is 6.10 Å². The number of methoxy groups -OCH3 is 1. The topological polar surface area (TPSA) is 92.7 Å². The van der Waals surface area contributed by atoms with Crippen molar-refractivity contribution in [2.45, 2.75) is 24.1 Å². The van der Waals surface area contributed by atoms with Crippen molar-refractivity contribution in [1.82, 2.24) is 4.72 Å². The number of carboxylic acids is 1. The van der Waals surface area contributed by atoms with Crippen LogP contribution in [0.25, 0.3) is 0 Å². The summed E-state index contributed by atoms with van der Waals surface area (Å²) in [7, 11) is -3.49. The van der Waals surface area contributed by atoms with E-state index in [4.69, 9.17) is 5.11 Å². The maximum atomic E-state index is 12.5. The molecule has 6 nitrogen and oxygen atoms in total. The molecule has 0 fully saturated rings. The Kier molecular flexibility index (Phi) is 5.54. The van der Waals surface area contributed by atoms with Crippen LogP contribution in [-0.2, 0) is 14.8 Å². The second-order valence-electron chi connectivity index (χ2n) is 4.46. The SMILES string of the molecule is COC(CNS(=O)(=O)c1cc(C)cc(C(=O)O)c1)C(F)(F)F. The van der Waals surface area contributed by atoms with Gasteiger partial charge in [0.25, 0.3) is 0 Å². The smallest absolute Gasteiger partial charge is 0.415 e. The van der Waals surface area contributed by atoms with Crippen LogP contribution in [-0.4, -0.2) is 45.4 Å². The van der Waals surface area contributed by atoms with E-state index in [0.717, 1.165) is 19.2 Å². The summed E-state index contributed by atoms with van der Waals surface area (Å²) in [6, 6.07) is 3.27. The van der Waals surface area contributed by atoms with Crippen molar-refractivity contribution in [2.24, 2.45) is 0 Å². The molecule has 0 radical (unpaired) electrons. The van der Waals surface area contributed by atoms with Crippen LogP contribution in [0.2, 0.25) is 0 Å². The van der Waals surface area contributed by atoms with Gasteiger partial charge >= 0.3 is 12.1 Å². The van der Waals surface area contributed by atoms with E-state index < -0.39 is 39.7 Å². The Morgan fingerprint density at radius 1 is 1.36 bits per heavy atom. The average molecular weight is 341 g/mol. The summed E-state index contributed by atoms with van der Waals surface area (Å²) in [5.41, 5.74) is 0.0684. The molecule has 0 aliphatic rings. The number of aromatic carboxylic acids is 1. The molecule has 2 N–H and O–H groups in total. The minimum atomic E-state index is -4.73. The molecule has 1 atom stereocenters. The lowest BCUT2D eigenvalue weighted by Crippen LogP contribution is -2.42. The molecule has 0 aliphatic carbocycles. The number of nitrogens with one attached hydrogen (secondary N) is 1. The number of halogens is 3. The molecular formula is C12H14F3NO5S. The van der Waals surface area contributed by atoms with Crippen molar-refractivity contribution >= 4 is 16.0 Å². The summed E-state index contributed by atoms with van der Waals surface area (Å²) in [5, 5.41) is 8.88. The van der Waals surface area contributed by atoms with E-state index in [2.05, 4.69) is 4.74 Å². The summed E-state index contributed by atoms with van der Waals surface area (Å²) < 4.78 is 67.4. The van der Waals surface area contributed by atoms with E-state index in [1.807, 2.05) is 0 Å². The number of carboxylic acid groups (broad SMARTS) is 1. The molecule has 0 bridgehead atoms. The number of hydrogen-bond donors (Lipinski definition) is 2. The zero-order valence-electron chi connectivity index (χ0n) is 11.6. The van der Waals surface area contributed by atoms with Crippen LogP contribution >= 0.6 is 0 Å². The number of carbonyl (C=O) groups is 1. The van der Waals surface area contributed by atoms with Gasteiger partial charge in [-0.05, 0) is 30.7 Å². The first kappa shape index (κ1) is 18.4. The van der Waals surface area contributed by atoms with Crippen molar-refractivity contribution < 1.29 is 36.2 Å². The number of hydrogen-bond acceptors (Lipinski definition) is 4. The van der Waals surface area contributed by atoms with Crippen molar-refractivity contribution in [3.8, 4) is 0 Å². The van der Waals surface area contributed by atoms with E-state index in [0.29, 0.717) is 5.56 Å². The molecule has 0 heterocycles. The Hall–Kier alpha value is -1.65. The van der Waals surface area contributed by atoms with Gasteiger partial charge in [-0.3, -0.25) is 0 Å². The van der Waals surface area contributed by atoms with E-state index in [1.54, 1.807) is 4.72 Å². The molecule has 0 aromatic heterocycles. The summed E-state index contributed by atoms with van der Waals surface area (Å²) >= 11 is 0. The molecule has 22 heavy (non-hydrogen) atoms. The maximum Gasteiger partial charge on any atom is 0.415 e. The molecule has 1 aromatic carbocycles. The maximum absolute atomic E-state index is 12.5. The van der Waals surface area contributed by atoms with Gasteiger partial charge in [0, 0.05) is 13.7 Å². The summed E-state index contributed by atoms with van der Waals surface area (Å²) in [6.45, 7) is 0.456. The largest absolute Gasteiger partial charge is 0.478 e. The lowest BCUT2D eigenvalue weighted by Gasteiger charge is -2.19. The van der Waals surface area contributed by atoms with Crippen LogP contribution in [0.3, 0.4) is 0 Å². The molecule has 0 saturated heterocycles. The lowest BCUT2D eigenvalue weighted by atomic mass is 10.1. The molecule has 1 unspecified atom stereocenters. The highest BCUT2D eigenvalue weighted by Crippen LogP contribution is 2.22. The zero-order chi connectivity index (χ0) is 17.1. The van der Waals surface area contributed by atoms with Crippen LogP contribution in [0, 0.1) is 6.92 Å². The van der Waals surface area contributed by atoms with Crippen molar-refractivity contribution in [2.75, 3.05) is 13.7 Å². The van der Waals surface area contributed by atoms with Crippen LogP contribution < -0.4 is 4.72 Å². The van der Waals surface area contributed by atoms with Gasteiger partial charge < -0.3 is 9.84 Å². The first-order valence-electron chi connectivity index (χ1n) is 5.91. The van der Waals surface area contributed by atoms with E-state index in [9.17, 15) is 26.4 Å². The highest BCUT2D eigenvalue weighted by atomic mass is 32.2. The minimum absolute atomic E-state index is 0.278. The molecule has 0 saturated carbocycles. The Morgan fingerprint density at radius 2 is 1.95 bits per heavy atom. The van der Waals surface area contributed by atoms with Gasteiger partial charge in [-0.1, -0.05) is 0 Å². The monoisotopic (exact) mass is 341 g/mol. The molecule has 10 heteroatoms. The second kappa shape index (κ2) is 6.63. The van der Waals surface area contributed by atoms with Crippen LogP contribution in [0.5, 0.6) is 0 Å². The summed E-state index contributed by atoms with van der Waals surface area (Å²) in [4.78, 5) is 10.5. The third-order valence-electron chi connectivity index (χ3n) is 2.72. The normalized spacial score (nSPS) is 13.9. The van der Waals surface area contributed by atoms with Gasteiger partial charge in [-0.15, -0.1) is 0 Å².